The number of hydrogen-bond donors (Lipinski definition) is 11. The van der Waals surface area contributed by atoms with Crippen LogP contribution in [0.5, 0.6) is 0 Å². The number of aromatic amines is 2. The fraction of sp³-hybridized carbons (Fsp3) is 0.493. The number of methoxy groups -OCH3 is 2. The lowest BCUT2D eigenvalue weighted by molar-refractivity contribution is -0.144. The molecule has 1 unspecified atom stereocenters. The van der Waals surface area contributed by atoms with E-state index >= 15 is 0 Å². The van der Waals surface area contributed by atoms with E-state index in [-0.39, 0.29) is 140 Å². The summed E-state index contributed by atoms with van der Waals surface area (Å²) in [5.74, 6) is -4.83. The van der Waals surface area contributed by atoms with Crippen LogP contribution in [0.15, 0.2) is 84.9 Å². The summed E-state index contributed by atoms with van der Waals surface area (Å²) in [5.41, 5.74) is 12.7. The summed E-state index contributed by atoms with van der Waals surface area (Å²) in [6.45, 7) is 8.41. The highest BCUT2D eigenvalue weighted by Gasteiger charge is 2.36. The Kier molecular flexibility index (Phi) is 29.9. The number of ether oxygens (including phenoxy) is 2. The number of imidazole rings is 2. The predicted molar refractivity (Wildman–Crippen MR) is 395 cm³/mol. The van der Waals surface area contributed by atoms with Crippen LogP contribution in [-0.4, -0.2) is 207 Å². The van der Waals surface area contributed by atoms with Gasteiger partial charge in [-0.15, -0.1) is 0 Å². The number of para-hydroxylation sites is 4. The molecule has 0 spiro atoms. The van der Waals surface area contributed by atoms with Gasteiger partial charge in [0.15, 0.2) is 0 Å². The van der Waals surface area contributed by atoms with Gasteiger partial charge in [-0.05, 0) is 117 Å². The van der Waals surface area contributed by atoms with Gasteiger partial charge in [0.2, 0.25) is 47.3 Å². The number of carbonyl (C=O) groups is 12. The molecule has 4 heterocycles. The van der Waals surface area contributed by atoms with Crippen LogP contribution in [0, 0.1) is 0 Å². The van der Waals surface area contributed by atoms with Crippen molar-refractivity contribution < 1.29 is 67.0 Å². The Bertz CT molecular complexity index is 4060. The zero-order chi connectivity index (χ0) is 76.6. The van der Waals surface area contributed by atoms with Crippen molar-refractivity contribution in [3.8, 4) is 0 Å². The van der Waals surface area contributed by atoms with Gasteiger partial charge in [-0.25, -0.2) is 9.97 Å². The number of benzene rings is 4. The molecule has 7 atom stereocenters. The number of carbonyl (C=O) groups excluding carboxylic acids is 12. The molecular weight excluding hydrogens is 1360 g/mol. The summed E-state index contributed by atoms with van der Waals surface area (Å²) in [7, 11) is 5.80. The van der Waals surface area contributed by atoms with Gasteiger partial charge in [0.05, 0.1) is 68.3 Å². The molecule has 0 aliphatic carbocycles. The number of H-pyrrole nitrogens is 2. The summed E-state index contributed by atoms with van der Waals surface area (Å²) >= 11 is 0. The Morgan fingerprint density at radius 3 is 1.31 bits per heavy atom. The molecule has 0 bridgehead atoms. The summed E-state index contributed by atoms with van der Waals surface area (Å²) in [4.78, 5) is 185. The van der Waals surface area contributed by atoms with Crippen LogP contribution >= 0.6 is 0 Å². The van der Waals surface area contributed by atoms with Crippen LogP contribution in [-0.2, 0) is 83.6 Å². The third-order valence-corrected chi connectivity index (χ3v) is 18.5. The Morgan fingerprint density at radius 2 is 0.915 bits per heavy atom. The van der Waals surface area contributed by atoms with Crippen molar-refractivity contribution in [3.05, 3.63) is 119 Å². The molecule has 0 saturated heterocycles. The molecule has 8 rings (SSSR count). The zero-order valence-electron chi connectivity index (χ0n) is 61.7. The number of nitrogens with two attached hydrogens (primary N) is 1. The topological polar surface area (TPSA) is 416 Å². The lowest BCUT2D eigenvalue weighted by atomic mass is 10.1. The summed E-state index contributed by atoms with van der Waals surface area (Å²) in [6.07, 6.45) is 2.47. The minimum absolute atomic E-state index is 0.0817. The molecule has 2 aliphatic rings. The number of fused-ring (bicyclic) bond motifs is 4. The van der Waals surface area contributed by atoms with Crippen LogP contribution in [0.3, 0.4) is 0 Å². The first-order chi connectivity index (χ1) is 50.9. The van der Waals surface area contributed by atoms with E-state index in [4.69, 9.17) is 15.2 Å². The third-order valence-electron chi connectivity index (χ3n) is 18.5. The number of rotatable bonds is 38. The molecule has 31 nitrogen and oxygen atoms in total. The Labute approximate surface area is 616 Å². The normalized spacial score (nSPS) is 15.5. The summed E-state index contributed by atoms with van der Waals surface area (Å²) in [5, 5.41) is 23.1. The van der Waals surface area contributed by atoms with Crippen LogP contribution in [0.1, 0.15) is 161 Å². The Hall–Kier alpha value is -11.0. The molecule has 31 heteroatoms. The SMILES string of the molecule is CCC[C@H](NC(=O)CCC(N)C(=O)N[C@@H](CCC)C(=O)N[C@@H](CCC)C(=O)NCCCN1Cc2cc(C(=O)N(C)Cc3nc4ccccc4[nH]3)ccc2N[C@@H](CC(=O)OC)C1=O)C(=O)N[C@@H](CCC)C(=O)NCCCN1Cc2cc(C(=O)N(C)Cc3nc4ccccc4[nH]3)ccc2N[C@@H](CC(=O)OC)C1=O. The number of nitrogens with one attached hydrogen (secondary N) is 10. The molecule has 6 aromatic rings. The van der Waals surface area contributed by atoms with Crippen molar-refractivity contribution in [3.63, 3.8) is 0 Å². The van der Waals surface area contributed by atoms with Gasteiger partial charge in [-0.1, -0.05) is 77.6 Å². The van der Waals surface area contributed by atoms with Crippen molar-refractivity contribution in [2.24, 2.45) is 5.73 Å². The average molecular weight is 1460 g/mol. The smallest absolute Gasteiger partial charge is 0.308 e. The van der Waals surface area contributed by atoms with Crippen molar-refractivity contribution in [1.82, 2.24) is 71.4 Å². The second-order valence-corrected chi connectivity index (χ2v) is 26.8. The monoisotopic (exact) mass is 1460 g/mol. The molecule has 2 aliphatic heterocycles. The van der Waals surface area contributed by atoms with E-state index in [0.29, 0.717) is 71.0 Å². The molecule has 12 N–H and O–H groups in total. The van der Waals surface area contributed by atoms with Gasteiger partial charge < -0.3 is 87.3 Å². The zero-order valence-corrected chi connectivity index (χ0v) is 61.7. The molecule has 2 aromatic heterocycles. The molecule has 0 radical (unpaired) electrons. The average Bonchev–Trinajstić information content (AvgIpc) is 1.64. The molecular formula is C75H101N17O14. The highest BCUT2D eigenvalue weighted by molar-refractivity contribution is 5.98. The summed E-state index contributed by atoms with van der Waals surface area (Å²) < 4.78 is 9.82. The van der Waals surface area contributed by atoms with Gasteiger partial charge in [0.25, 0.3) is 11.8 Å². The van der Waals surface area contributed by atoms with E-state index in [1.54, 1.807) is 60.3 Å². The highest BCUT2D eigenvalue weighted by atomic mass is 16.5. The fourth-order valence-corrected chi connectivity index (χ4v) is 12.8. The van der Waals surface area contributed by atoms with Gasteiger partial charge in [0, 0.05) is 82.3 Å². The minimum atomic E-state index is -1.26. The second kappa shape index (κ2) is 39.2. The van der Waals surface area contributed by atoms with E-state index in [1.165, 1.54) is 24.0 Å². The number of nitrogens with zero attached hydrogens (tertiary/aromatic N) is 6. The van der Waals surface area contributed by atoms with Gasteiger partial charge in [-0.3, -0.25) is 57.5 Å². The largest absolute Gasteiger partial charge is 0.469 e. The maximum absolute atomic E-state index is 14.1. The van der Waals surface area contributed by atoms with Gasteiger partial charge >= 0.3 is 11.9 Å². The van der Waals surface area contributed by atoms with Crippen molar-refractivity contribution in [2.75, 3.05) is 65.1 Å². The number of amides is 10. The lowest BCUT2D eigenvalue weighted by Crippen LogP contribution is -2.56. The number of hydrogen-bond acceptors (Lipinski definition) is 19. The van der Waals surface area contributed by atoms with E-state index < -0.39 is 89.7 Å². The standard InChI is InChI=1S/C75H101N17O14/c1-9-19-56(68(97)77-33-17-35-91-41-47-37-45(27-30-50(47)79-60(74(91)103)39-65(94)105-7)72(101)89(5)43-62-81-52-23-13-14-24-53(52)82-62)87-70(99)58(21-11-3)85-64(93)32-29-49(76)67(96)86-59(22-12-4)71(100)88-57(20-10-2)69(98)78-34-18-36-92-42-48-38-46(28-31-51(48)80-61(75(92)104)40-66(95)106-8)73(102)90(6)44-63-83-54-25-15-16-26-55(54)84-63/h13-16,23-28,30-31,37-38,49,56-61,79-80H,9-12,17-22,29,32-36,39-44,76H2,1-8H3,(H,77,97)(H,78,98)(H,81,82)(H,83,84)(H,85,93)(H,86,96)(H,87,99)(H,88,100)/t49?,56-,57-,58-,59-,60-,61-/m0/s1. The second-order valence-electron chi connectivity index (χ2n) is 26.8. The van der Waals surface area contributed by atoms with Crippen LogP contribution < -0.4 is 48.3 Å². The number of aromatic nitrogens is 4. The summed E-state index contributed by atoms with van der Waals surface area (Å²) in [6, 6.07) is 17.9. The molecule has 4 aromatic carbocycles. The Balaban J connectivity index is 0.785. The number of anilines is 2. The van der Waals surface area contributed by atoms with E-state index in [0.717, 1.165) is 22.1 Å². The quantitative estimate of drug-likeness (QED) is 0.0190. The number of esters is 2. The van der Waals surface area contributed by atoms with Crippen molar-refractivity contribution >= 4 is 104 Å². The van der Waals surface area contributed by atoms with Gasteiger partial charge in [0.1, 0.15) is 47.9 Å². The fourth-order valence-electron chi connectivity index (χ4n) is 12.8. The Morgan fingerprint density at radius 1 is 0.528 bits per heavy atom. The maximum atomic E-state index is 14.1. The van der Waals surface area contributed by atoms with Crippen LogP contribution in [0.25, 0.3) is 22.1 Å². The molecule has 0 saturated carbocycles. The molecule has 570 valence electrons. The molecule has 10 amide bonds. The lowest BCUT2D eigenvalue weighted by Gasteiger charge is -2.25. The highest BCUT2D eigenvalue weighted by Crippen LogP contribution is 2.29. The van der Waals surface area contributed by atoms with E-state index in [2.05, 4.69) is 62.5 Å². The first-order valence-corrected chi connectivity index (χ1v) is 36.3. The van der Waals surface area contributed by atoms with Crippen molar-refractivity contribution in [2.45, 2.75) is 186 Å². The van der Waals surface area contributed by atoms with Crippen molar-refractivity contribution in [1.29, 1.82) is 0 Å². The van der Waals surface area contributed by atoms with Crippen LogP contribution in [0.4, 0.5) is 11.4 Å². The maximum Gasteiger partial charge on any atom is 0.308 e. The third kappa shape index (κ3) is 22.3. The first kappa shape index (κ1) is 80.7. The predicted octanol–water partition coefficient (Wildman–Crippen LogP) is 4.32. The molecule has 0 fully saturated rings. The van der Waals surface area contributed by atoms with Crippen LogP contribution in [0.2, 0.25) is 0 Å². The van der Waals surface area contributed by atoms with E-state index in [9.17, 15) is 57.5 Å². The van der Waals surface area contributed by atoms with Gasteiger partial charge in [-0.2, -0.15) is 0 Å². The first-order valence-electron chi connectivity index (χ1n) is 36.3. The molecule has 106 heavy (non-hydrogen) atoms. The van der Waals surface area contributed by atoms with E-state index in [1.807, 2.05) is 76.2 Å². The minimum Gasteiger partial charge on any atom is -0.469 e.